The van der Waals surface area contributed by atoms with Gasteiger partial charge in [0.15, 0.2) is 5.17 Å². The Balaban J connectivity index is 1.55. The minimum absolute atomic E-state index is 0.0270. The normalized spacial score (nSPS) is 16.5. The largest absolute Gasteiger partial charge is 0.345 e. The highest BCUT2D eigenvalue weighted by Crippen LogP contribution is 2.42. The van der Waals surface area contributed by atoms with Gasteiger partial charge in [-0.2, -0.15) is 0 Å². The number of benzene rings is 2. The van der Waals surface area contributed by atoms with E-state index in [0.29, 0.717) is 28.5 Å². The van der Waals surface area contributed by atoms with E-state index < -0.39 is 10.0 Å². The molecule has 0 radical (unpaired) electrons. The third kappa shape index (κ3) is 3.85. The fourth-order valence-corrected chi connectivity index (χ4v) is 5.36. The molecule has 0 saturated heterocycles. The summed E-state index contributed by atoms with van der Waals surface area (Å²) in [5.41, 5.74) is 2.28. The van der Waals surface area contributed by atoms with Gasteiger partial charge < -0.3 is 15.1 Å². The first-order valence-electron chi connectivity index (χ1n) is 8.79. The van der Waals surface area contributed by atoms with Crippen molar-refractivity contribution in [1.82, 2.24) is 4.90 Å². The molecule has 0 saturated carbocycles. The molecule has 4 rings (SSSR count). The maximum atomic E-state index is 12.7. The zero-order valence-corrected chi connectivity index (χ0v) is 17.4. The molecule has 10 heteroatoms. The molecule has 2 aromatic carbocycles. The smallest absolute Gasteiger partial charge is 0.257 e. The number of hydrogen-bond acceptors (Lipinski definition) is 6. The molecule has 0 unspecified atom stereocenters. The molecular formula is C19H18N4O4S2. The van der Waals surface area contributed by atoms with Crippen LogP contribution in [0.5, 0.6) is 0 Å². The molecular weight excluding hydrogens is 412 g/mol. The number of sulfonamides is 1. The Bertz CT molecular complexity index is 1160. The van der Waals surface area contributed by atoms with Gasteiger partial charge in [-0.05, 0) is 48.2 Å². The molecule has 2 aliphatic heterocycles. The topological polar surface area (TPSA) is 99.1 Å². The van der Waals surface area contributed by atoms with E-state index in [-0.39, 0.29) is 17.6 Å². The Morgan fingerprint density at radius 1 is 1.14 bits per heavy atom. The summed E-state index contributed by atoms with van der Waals surface area (Å²) in [6.07, 6.45) is 0. The summed E-state index contributed by atoms with van der Waals surface area (Å²) in [5, 5.41) is 3.22. The van der Waals surface area contributed by atoms with Crippen LogP contribution >= 0.6 is 11.8 Å². The Morgan fingerprint density at radius 2 is 1.93 bits per heavy atom. The monoisotopic (exact) mass is 430 g/mol. The second-order valence-electron chi connectivity index (χ2n) is 6.83. The first-order chi connectivity index (χ1) is 13.7. The predicted molar refractivity (Wildman–Crippen MR) is 113 cm³/mol. The highest BCUT2D eigenvalue weighted by molar-refractivity contribution is 8.15. The number of nitrogens with one attached hydrogen (secondary N) is 1. The van der Waals surface area contributed by atoms with Gasteiger partial charge in [0.1, 0.15) is 0 Å². The van der Waals surface area contributed by atoms with Crippen LogP contribution in [-0.4, -0.2) is 56.7 Å². The summed E-state index contributed by atoms with van der Waals surface area (Å²) in [6.45, 7) is 0.347. The summed E-state index contributed by atoms with van der Waals surface area (Å²) in [4.78, 5) is 28.9. The molecule has 0 atom stereocenters. The lowest BCUT2D eigenvalue weighted by atomic mass is 10.1. The number of anilines is 2. The number of amides is 2. The van der Waals surface area contributed by atoms with Crippen LogP contribution in [0, 0.1) is 0 Å². The van der Waals surface area contributed by atoms with E-state index in [0.717, 1.165) is 10.6 Å². The van der Waals surface area contributed by atoms with Crippen LogP contribution in [0.15, 0.2) is 51.8 Å². The summed E-state index contributed by atoms with van der Waals surface area (Å²) in [6, 6.07) is 11.9. The third-order valence-electron chi connectivity index (χ3n) is 4.51. The maximum Gasteiger partial charge on any atom is 0.257 e. The molecule has 0 spiro atoms. The van der Waals surface area contributed by atoms with Crippen LogP contribution in [0.3, 0.4) is 0 Å². The number of thioether (sulfide) groups is 1. The molecule has 1 N–H and O–H groups in total. The highest BCUT2D eigenvalue weighted by Gasteiger charge is 2.33. The van der Waals surface area contributed by atoms with Crippen molar-refractivity contribution in [3.05, 3.63) is 53.6 Å². The number of fused-ring (bicyclic) bond motifs is 3. The van der Waals surface area contributed by atoms with Crippen molar-refractivity contribution in [3.8, 4) is 0 Å². The van der Waals surface area contributed by atoms with Crippen molar-refractivity contribution in [3.63, 3.8) is 0 Å². The van der Waals surface area contributed by atoms with Crippen LogP contribution in [0.1, 0.15) is 20.7 Å². The zero-order chi connectivity index (χ0) is 20.8. The Labute approximate surface area is 172 Å². The van der Waals surface area contributed by atoms with Crippen LogP contribution < -0.4 is 10.2 Å². The first kappa shape index (κ1) is 19.5. The molecule has 8 nitrogen and oxygen atoms in total. The van der Waals surface area contributed by atoms with Crippen molar-refractivity contribution < 1.29 is 18.0 Å². The molecule has 2 amide bonds. The van der Waals surface area contributed by atoms with Gasteiger partial charge in [-0.1, -0.05) is 6.07 Å². The number of carbonyl (C=O) groups is 2. The number of amidine groups is 1. The predicted octanol–water partition coefficient (Wildman–Crippen LogP) is 2.25. The standard InChI is InChI=1S/C19H18N4O4S2/c1-22(2)18(25)13-4-3-5-14(10-13)20-17(24)12-6-7-15-16(11-12)28-19-21-29(26,27)9-8-23(15)19/h3-7,10-11H,8-9H2,1-2H3,(H,20,24). The lowest BCUT2D eigenvalue weighted by Gasteiger charge is -2.22. The van der Waals surface area contributed by atoms with Crippen molar-refractivity contribution in [2.24, 2.45) is 4.40 Å². The average Bonchev–Trinajstić information content (AvgIpc) is 3.02. The van der Waals surface area contributed by atoms with Gasteiger partial charge in [0, 0.05) is 42.3 Å². The van der Waals surface area contributed by atoms with Gasteiger partial charge in [0.2, 0.25) is 0 Å². The molecule has 2 aliphatic rings. The number of hydrogen-bond donors (Lipinski definition) is 1. The van der Waals surface area contributed by atoms with E-state index in [1.165, 1.54) is 16.7 Å². The summed E-state index contributed by atoms with van der Waals surface area (Å²) in [5.74, 6) is -0.495. The third-order valence-corrected chi connectivity index (χ3v) is 6.81. The number of nitrogens with zero attached hydrogens (tertiary/aromatic N) is 3. The van der Waals surface area contributed by atoms with E-state index in [4.69, 9.17) is 0 Å². The van der Waals surface area contributed by atoms with E-state index in [1.807, 2.05) is 4.90 Å². The van der Waals surface area contributed by atoms with Crippen molar-refractivity contribution in [2.45, 2.75) is 4.90 Å². The second-order valence-corrected chi connectivity index (χ2v) is 9.59. The van der Waals surface area contributed by atoms with E-state index in [1.54, 1.807) is 56.6 Å². The lowest BCUT2D eigenvalue weighted by Crippen LogP contribution is -2.35. The highest BCUT2D eigenvalue weighted by atomic mass is 32.2. The maximum absolute atomic E-state index is 12.7. The molecule has 0 bridgehead atoms. The second kappa shape index (κ2) is 7.20. The molecule has 2 heterocycles. The fraction of sp³-hybridized carbons (Fsp3) is 0.211. The SMILES string of the molecule is CN(C)C(=O)c1cccc(NC(=O)c2ccc3c(c2)SC2=NS(=O)(=O)CCN23)c1. The number of carbonyl (C=O) groups excluding carboxylic acids is 2. The van der Waals surface area contributed by atoms with E-state index >= 15 is 0 Å². The van der Waals surface area contributed by atoms with Gasteiger partial charge in [-0.15, -0.1) is 4.40 Å². The van der Waals surface area contributed by atoms with Crippen LogP contribution in [0.4, 0.5) is 11.4 Å². The molecule has 2 aromatic rings. The Hall–Kier alpha value is -2.85. The molecule has 29 heavy (non-hydrogen) atoms. The van der Waals surface area contributed by atoms with Gasteiger partial charge in [0.05, 0.1) is 11.4 Å². The van der Waals surface area contributed by atoms with Crippen molar-refractivity contribution in [2.75, 3.05) is 36.6 Å². The van der Waals surface area contributed by atoms with Gasteiger partial charge >= 0.3 is 0 Å². The molecule has 0 fully saturated rings. The Kier molecular flexibility index (Phi) is 4.83. The van der Waals surface area contributed by atoms with Gasteiger partial charge in [0.25, 0.3) is 21.8 Å². The van der Waals surface area contributed by atoms with E-state index in [2.05, 4.69) is 9.71 Å². The Morgan fingerprint density at radius 3 is 2.69 bits per heavy atom. The minimum Gasteiger partial charge on any atom is -0.345 e. The summed E-state index contributed by atoms with van der Waals surface area (Å²) < 4.78 is 27.3. The lowest BCUT2D eigenvalue weighted by molar-refractivity contribution is 0.0827. The minimum atomic E-state index is -3.42. The van der Waals surface area contributed by atoms with Gasteiger partial charge in [-0.3, -0.25) is 9.59 Å². The molecule has 0 aliphatic carbocycles. The zero-order valence-electron chi connectivity index (χ0n) is 15.7. The quantitative estimate of drug-likeness (QED) is 0.802. The molecule has 0 aromatic heterocycles. The van der Waals surface area contributed by atoms with Crippen LogP contribution in [0.2, 0.25) is 0 Å². The summed E-state index contributed by atoms with van der Waals surface area (Å²) in [7, 11) is -0.0927. The average molecular weight is 431 g/mol. The summed E-state index contributed by atoms with van der Waals surface area (Å²) >= 11 is 1.24. The first-order valence-corrected chi connectivity index (χ1v) is 11.2. The van der Waals surface area contributed by atoms with E-state index in [9.17, 15) is 18.0 Å². The number of rotatable bonds is 3. The van der Waals surface area contributed by atoms with Crippen molar-refractivity contribution >= 4 is 50.1 Å². The fourth-order valence-electron chi connectivity index (χ4n) is 3.06. The van der Waals surface area contributed by atoms with Gasteiger partial charge in [-0.25, -0.2) is 8.42 Å². The molecule has 150 valence electrons. The van der Waals surface area contributed by atoms with Crippen LogP contribution in [-0.2, 0) is 10.0 Å². The van der Waals surface area contributed by atoms with Crippen LogP contribution in [0.25, 0.3) is 0 Å². The van der Waals surface area contributed by atoms with Crippen molar-refractivity contribution in [1.29, 1.82) is 0 Å².